The quantitative estimate of drug-likeness (QED) is 0.273. The van der Waals surface area contributed by atoms with Gasteiger partial charge in [-0.2, -0.15) is 0 Å². The number of hydrogen-bond donors (Lipinski definition) is 4. The van der Waals surface area contributed by atoms with Gasteiger partial charge in [0, 0.05) is 24.9 Å². The van der Waals surface area contributed by atoms with Crippen LogP contribution in [0.3, 0.4) is 0 Å². The van der Waals surface area contributed by atoms with Gasteiger partial charge in [0.05, 0.1) is 7.11 Å². The van der Waals surface area contributed by atoms with Gasteiger partial charge in [-0.25, -0.2) is 10.3 Å². The Kier molecular flexibility index (Phi) is 7.37. The zero-order valence-corrected chi connectivity index (χ0v) is 17.2. The lowest BCUT2D eigenvalue weighted by atomic mass is 10.0. The molecule has 2 atom stereocenters. The third kappa shape index (κ3) is 5.39. The van der Waals surface area contributed by atoms with Gasteiger partial charge in [-0.15, -0.1) is 0 Å². The van der Waals surface area contributed by atoms with Crippen molar-refractivity contribution in [1.29, 1.82) is 0 Å². The molecule has 0 bridgehead atoms. The Balaban J connectivity index is 1.83. The van der Waals surface area contributed by atoms with Crippen LogP contribution in [0, 0.1) is 0 Å². The van der Waals surface area contributed by atoms with E-state index in [1.54, 1.807) is 24.3 Å². The molecule has 170 valence electrons. The number of ether oxygens (including phenoxy) is 5. The maximum absolute atomic E-state index is 12.6. The summed E-state index contributed by atoms with van der Waals surface area (Å²) in [7, 11) is 2.75. The molecule has 4 N–H and O–H groups in total. The molecule has 1 aliphatic rings. The fourth-order valence-corrected chi connectivity index (χ4v) is 2.97. The predicted octanol–water partition coefficient (Wildman–Crippen LogP) is 2.50. The molecule has 0 aliphatic carbocycles. The third-order valence-electron chi connectivity index (χ3n) is 4.50. The number of methoxy groups -OCH3 is 2. The Hall–Kier alpha value is -3.96. The fraction of sp³-hybridized carbons (Fsp3) is 0.238. The highest BCUT2D eigenvalue weighted by atomic mass is 16.7. The van der Waals surface area contributed by atoms with Crippen molar-refractivity contribution in [2.45, 2.75) is 12.2 Å². The number of nitrogens with one attached hydrogen (secondary N) is 2. The van der Waals surface area contributed by atoms with Crippen LogP contribution in [0.4, 0.5) is 10.5 Å². The van der Waals surface area contributed by atoms with Gasteiger partial charge >= 0.3 is 6.09 Å². The van der Waals surface area contributed by atoms with Gasteiger partial charge in [0.15, 0.2) is 29.1 Å². The Bertz CT molecular complexity index is 1010. The monoisotopic (exact) mass is 446 g/mol. The van der Waals surface area contributed by atoms with Crippen LogP contribution in [0.1, 0.15) is 11.7 Å². The highest BCUT2D eigenvalue weighted by molar-refractivity contribution is 5.87. The first-order chi connectivity index (χ1) is 15.4. The maximum atomic E-state index is 12.6. The number of rotatable bonds is 8. The first-order valence-corrected chi connectivity index (χ1v) is 9.34. The van der Waals surface area contributed by atoms with Gasteiger partial charge in [0.1, 0.15) is 6.10 Å². The van der Waals surface area contributed by atoms with E-state index in [1.165, 1.54) is 37.9 Å². The second kappa shape index (κ2) is 10.4. The average Bonchev–Trinajstić information content (AvgIpc) is 3.26. The molecule has 0 aromatic heterocycles. The smallest absolute Gasteiger partial charge is 0.412 e. The van der Waals surface area contributed by atoms with E-state index >= 15 is 0 Å². The number of carbonyl (C=O) groups is 2. The molecule has 0 spiro atoms. The number of benzene rings is 2. The van der Waals surface area contributed by atoms with Gasteiger partial charge in [0.25, 0.3) is 5.91 Å². The number of anilines is 1. The summed E-state index contributed by atoms with van der Waals surface area (Å²) < 4.78 is 26.5. The Labute approximate surface area is 183 Å². The first-order valence-electron chi connectivity index (χ1n) is 9.34. The number of hydroxylamine groups is 1. The number of hydrogen-bond acceptors (Lipinski definition) is 9. The minimum Gasteiger partial charge on any atom is -0.504 e. The molecule has 1 heterocycles. The van der Waals surface area contributed by atoms with Gasteiger partial charge in [-0.05, 0) is 35.9 Å². The van der Waals surface area contributed by atoms with E-state index in [4.69, 9.17) is 28.9 Å². The van der Waals surface area contributed by atoms with Crippen molar-refractivity contribution >= 4 is 17.7 Å². The van der Waals surface area contributed by atoms with Crippen molar-refractivity contribution in [3.63, 3.8) is 0 Å². The van der Waals surface area contributed by atoms with Gasteiger partial charge < -0.3 is 28.8 Å². The van der Waals surface area contributed by atoms with E-state index in [0.29, 0.717) is 22.7 Å². The van der Waals surface area contributed by atoms with E-state index in [2.05, 4.69) is 5.32 Å². The van der Waals surface area contributed by atoms with Crippen LogP contribution in [-0.4, -0.2) is 49.4 Å². The first kappa shape index (κ1) is 22.7. The third-order valence-corrected chi connectivity index (χ3v) is 4.50. The van der Waals surface area contributed by atoms with Crippen molar-refractivity contribution in [3.05, 3.63) is 54.1 Å². The predicted molar refractivity (Wildman–Crippen MR) is 110 cm³/mol. The zero-order valence-electron chi connectivity index (χ0n) is 17.2. The number of phenols is 1. The number of carbonyl (C=O) groups excluding carboxylic acids is 2. The summed E-state index contributed by atoms with van der Waals surface area (Å²) in [6.07, 6.45) is -0.531. The van der Waals surface area contributed by atoms with E-state index in [1.807, 2.05) is 0 Å². The summed E-state index contributed by atoms with van der Waals surface area (Å²) in [5.41, 5.74) is 2.23. The fourth-order valence-electron chi connectivity index (χ4n) is 2.97. The second-order valence-electron chi connectivity index (χ2n) is 6.49. The molecule has 32 heavy (non-hydrogen) atoms. The number of fused-ring (bicyclic) bond motifs is 1. The van der Waals surface area contributed by atoms with Crippen LogP contribution < -0.4 is 25.0 Å². The number of phenolic OH excluding ortho intramolecular Hbond substituents is 1. The molecule has 11 nitrogen and oxygen atoms in total. The Morgan fingerprint density at radius 3 is 2.59 bits per heavy atom. The van der Waals surface area contributed by atoms with E-state index < -0.39 is 24.2 Å². The van der Waals surface area contributed by atoms with Crippen molar-refractivity contribution in [3.8, 4) is 23.0 Å². The number of aromatic hydroxyl groups is 1. The SMILES string of the molecule is COc1ccc([C@@H](OC(=O)Nc2ccc3c(c2)OCO3)[C@@H](/C=C/C(=O)NO)OC)cc1O. The minimum absolute atomic E-state index is 0.0928. The summed E-state index contributed by atoms with van der Waals surface area (Å²) in [6.45, 7) is 0.0928. The van der Waals surface area contributed by atoms with E-state index in [9.17, 15) is 14.7 Å². The lowest BCUT2D eigenvalue weighted by molar-refractivity contribution is -0.124. The average molecular weight is 446 g/mol. The van der Waals surface area contributed by atoms with Crippen LogP contribution in [0.15, 0.2) is 48.6 Å². The lowest BCUT2D eigenvalue weighted by Crippen LogP contribution is -2.27. The number of amides is 2. The van der Waals surface area contributed by atoms with Crippen LogP contribution >= 0.6 is 0 Å². The highest BCUT2D eigenvalue weighted by Gasteiger charge is 2.27. The maximum Gasteiger partial charge on any atom is 0.412 e. The van der Waals surface area contributed by atoms with Crippen LogP contribution in [0.2, 0.25) is 0 Å². The molecule has 2 aromatic carbocycles. The van der Waals surface area contributed by atoms with Gasteiger partial charge in [-0.1, -0.05) is 6.07 Å². The molecule has 2 aromatic rings. The topological polar surface area (TPSA) is 145 Å². The summed E-state index contributed by atoms with van der Waals surface area (Å²) >= 11 is 0. The van der Waals surface area contributed by atoms with Crippen molar-refractivity contribution in [1.82, 2.24) is 5.48 Å². The van der Waals surface area contributed by atoms with Crippen LogP contribution in [0.5, 0.6) is 23.0 Å². The highest BCUT2D eigenvalue weighted by Crippen LogP contribution is 2.35. The van der Waals surface area contributed by atoms with Gasteiger partial charge in [-0.3, -0.25) is 15.3 Å². The molecular formula is C21H22N2O9. The minimum atomic E-state index is -1.08. The Morgan fingerprint density at radius 1 is 1.12 bits per heavy atom. The van der Waals surface area contributed by atoms with Gasteiger partial charge in [0.2, 0.25) is 6.79 Å². The van der Waals surface area contributed by atoms with Crippen LogP contribution in [-0.2, 0) is 14.3 Å². The Morgan fingerprint density at radius 2 is 1.91 bits per heavy atom. The summed E-state index contributed by atoms with van der Waals surface area (Å²) in [4.78, 5) is 24.0. The van der Waals surface area contributed by atoms with Crippen molar-refractivity contribution < 1.29 is 43.6 Å². The molecule has 1 aliphatic heterocycles. The molecule has 0 saturated carbocycles. The summed E-state index contributed by atoms with van der Waals surface area (Å²) in [5, 5.41) is 21.4. The van der Waals surface area contributed by atoms with Crippen molar-refractivity contribution in [2.75, 3.05) is 26.3 Å². The second-order valence-corrected chi connectivity index (χ2v) is 6.49. The summed E-state index contributed by atoms with van der Waals surface area (Å²) in [6, 6.07) is 9.25. The van der Waals surface area contributed by atoms with Crippen molar-refractivity contribution in [2.24, 2.45) is 0 Å². The summed E-state index contributed by atoms with van der Waals surface area (Å²) in [5.74, 6) is 0.283. The molecule has 2 amide bonds. The zero-order chi connectivity index (χ0) is 23.1. The molecule has 11 heteroatoms. The largest absolute Gasteiger partial charge is 0.504 e. The lowest BCUT2D eigenvalue weighted by Gasteiger charge is -2.25. The van der Waals surface area contributed by atoms with Crippen LogP contribution in [0.25, 0.3) is 0 Å². The molecule has 0 fully saturated rings. The molecular weight excluding hydrogens is 424 g/mol. The molecule has 3 rings (SSSR count). The molecule has 0 radical (unpaired) electrons. The molecule has 0 unspecified atom stereocenters. The standard InChI is InChI=1S/C21H22N2O9/c1-28-15-5-3-12(9-14(15)24)20(17(29-2)7-8-19(25)23-27)32-21(26)22-13-4-6-16-18(10-13)31-11-30-16/h3-10,17,20,24,27H,11H2,1-2H3,(H,22,26)(H,23,25)/b8-7+/t17-,20-/m1/s1. The van der Waals surface area contributed by atoms with E-state index in [-0.39, 0.29) is 18.3 Å². The normalized spacial score (nSPS) is 14.0. The molecule has 0 saturated heterocycles. The van der Waals surface area contributed by atoms with E-state index in [0.717, 1.165) is 6.08 Å².